The maximum atomic E-state index is 13.8. The number of nitrogens with one attached hydrogen (secondary N) is 1. The Kier molecular flexibility index (Phi) is 3.98. The van der Waals surface area contributed by atoms with Crippen molar-refractivity contribution < 1.29 is 27.2 Å². The van der Waals surface area contributed by atoms with Crippen LogP contribution >= 0.6 is 0 Å². The van der Waals surface area contributed by atoms with Crippen molar-refractivity contribution in [3.63, 3.8) is 0 Å². The lowest BCUT2D eigenvalue weighted by Gasteiger charge is -2.22. The number of amides is 3. The maximum absolute atomic E-state index is 13.8. The Morgan fingerprint density at radius 1 is 1.00 bits per heavy atom. The maximum Gasteiger partial charge on any atom is 0.325 e. The van der Waals surface area contributed by atoms with Gasteiger partial charge in [0.1, 0.15) is 5.54 Å². The van der Waals surface area contributed by atoms with Crippen LogP contribution in [0.4, 0.5) is 22.4 Å². The first-order chi connectivity index (χ1) is 11.7. The minimum atomic E-state index is -1.64. The molecule has 0 bridgehead atoms. The summed E-state index contributed by atoms with van der Waals surface area (Å²) >= 11 is 0. The zero-order valence-electron chi connectivity index (χ0n) is 12.9. The van der Waals surface area contributed by atoms with Crippen LogP contribution in [0.15, 0.2) is 36.4 Å². The van der Waals surface area contributed by atoms with E-state index in [1.54, 1.807) is 0 Å². The van der Waals surface area contributed by atoms with Crippen LogP contribution in [0.25, 0.3) is 0 Å². The Bertz CT molecular complexity index is 887. The highest BCUT2D eigenvalue weighted by atomic mass is 19.2. The molecular weight excluding hydrogens is 340 g/mol. The van der Waals surface area contributed by atoms with Gasteiger partial charge in [-0.05, 0) is 30.7 Å². The van der Waals surface area contributed by atoms with Gasteiger partial charge in [0, 0.05) is 5.56 Å². The summed E-state index contributed by atoms with van der Waals surface area (Å²) in [5.41, 5.74) is -1.79. The van der Waals surface area contributed by atoms with Gasteiger partial charge in [0.2, 0.25) is 0 Å². The fraction of sp³-hybridized carbons (Fsp3) is 0.176. The summed E-state index contributed by atoms with van der Waals surface area (Å²) in [5.74, 6) is -5.32. The fourth-order valence-corrected chi connectivity index (χ4v) is 2.68. The molecule has 1 N–H and O–H groups in total. The van der Waals surface area contributed by atoms with Gasteiger partial charge in [-0.2, -0.15) is 0 Å². The first kappa shape index (κ1) is 16.9. The fourth-order valence-electron chi connectivity index (χ4n) is 2.68. The Labute approximate surface area is 140 Å². The molecule has 3 amide bonds. The summed E-state index contributed by atoms with van der Waals surface area (Å²) < 4.78 is 53.6. The Morgan fingerprint density at radius 2 is 1.72 bits per heavy atom. The van der Waals surface area contributed by atoms with E-state index in [0.29, 0.717) is 4.90 Å². The van der Waals surface area contributed by atoms with Crippen molar-refractivity contribution in [1.82, 2.24) is 10.2 Å². The molecule has 1 aliphatic heterocycles. The van der Waals surface area contributed by atoms with Crippen molar-refractivity contribution in [3.8, 4) is 0 Å². The third-order valence-corrected chi connectivity index (χ3v) is 4.13. The van der Waals surface area contributed by atoms with Gasteiger partial charge in [-0.25, -0.2) is 22.4 Å². The van der Waals surface area contributed by atoms with Crippen LogP contribution in [0.5, 0.6) is 0 Å². The highest BCUT2D eigenvalue weighted by molar-refractivity contribution is 6.07. The molecule has 1 heterocycles. The molecule has 25 heavy (non-hydrogen) atoms. The monoisotopic (exact) mass is 352 g/mol. The standard InChI is InChI=1S/C17H12F4N2O2/c1-17(10-5-6-11(18)13(20)7-10)15(24)23(16(25)22-17)8-9-3-2-4-12(19)14(9)21/h2-7H,8H2,1H3,(H,22,25). The van der Waals surface area contributed by atoms with Crippen LogP contribution in [-0.2, 0) is 16.9 Å². The molecule has 1 atom stereocenters. The number of carbonyl (C=O) groups is 2. The van der Waals surface area contributed by atoms with E-state index in [1.807, 2.05) is 0 Å². The van der Waals surface area contributed by atoms with Gasteiger partial charge in [0.25, 0.3) is 5.91 Å². The second-order valence-corrected chi connectivity index (χ2v) is 5.79. The first-order valence-corrected chi connectivity index (χ1v) is 7.26. The zero-order chi connectivity index (χ0) is 18.4. The molecule has 8 heteroatoms. The van der Waals surface area contributed by atoms with Crippen molar-refractivity contribution in [3.05, 3.63) is 70.8 Å². The van der Waals surface area contributed by atoms with E-state index in [0.717, 1.165) is 18.2 Å². The number of nitrogens with zero attached hydrogens (tertiary/aromatic N) is 1. The van der Waals surface area contributed by atoms with Gasteiger partial charge in [0.05, 0.1) is 6.54 Å². The first-order valence-electron chi connectivity index (χ1n) is 7.26. The number of imide groups is 1. The molecule has 2 aromatic carbocycles. The number of carbonyl (C=O) groups excluding carboxylic acids is 2. The average Bonchev–Trinajstić information content (AvgIpc) is 2.78. The van der Waals surface area contributed by atoms with Gasteiger partial charge >= 0.3 is 6.03 Å². The number of hydrogen-bond acceptors (Lipinski definition) is 2. The molecule has 1 aliphatic rings. The van der Waals surface area contributed by atoms with E-state index in [-0.39, 0.29) is 11.1 Å². The SMILES string of the molecule is CC1(c2ccc(F)c(F)c2)NC(=O)N(Cc2cccc(F)c2F)C1=O. The summed E-state index contributed by atoms with van der Waals surface area (Å²) in [6.45, 7) is 0.829. The Morgan fingerprint density at radius 3 is 2.40 bits per heavy atom. The molecule has 1 unspecified atom stereocenters. The molecule has 130 valence electrons. The van der Waals surface area contributed by atoms with E-state index in [2.05, 4.69) is 5.32 Å². The molecular formula is C17H12F4N2O2. The molecule has 0 spiro atoms. The second kappa shape index (κ2) is 5.87. The summed E-state index contributed by atoms with van der Waals surface area (Å²) in [4.78, 5) is 25.5. The minimum Gasteiger partial charge on any atom is -0.319 e. The van der Waals surface area contributed by atoms with Gasteiger partial charge in [-0.15, -0.1) is 0 Å². The van der Waals surface area contributed by atoms with Gasteiger partial charge in [-0.1, -0.05) is 18.2 Å². The van der Waals surface area contributed by atoms with Crippen molar-refractivity contribution in [2.24, 2.45) is 0 Å². The Hall–Kier alpha value is -2.90. The molecule has 3 rings (SSSR count). The Balaban J connectivity index is 1.94. The molecule has 0 radical (unpaired) electrons. The van der Waals surface area contributed by atoms with Gasteiger partial charge < -0.3 is 5.32 Å². The third kappa shape index (κ3) is 2.73. The molecule has 0 aliphatic carbocycles. The summed E-state index contributed by atoms with van der Waals surface area (Å²) in [6.07, 6.45) is 0. The van der Waals surface area contributed by atoms with Gasteiger partial charge in [-0.3, -0.25) is 9.69 Å². The number of rotatable bonds is 3. The van der Waals surface area contributed by atoms with Crippen molar-refractivity contribution in [2.75, 3.05) is 0 Å². The largest absolute Gasteiger partial charge is 0.325 e. The van der Waals surface area contributed by atoms with Crippen LogP contribution in [0.1, 0.15) is 18.1 Å². The lowest BCUT2D eigenvalue weighted by Crippen LogP contribution is -2.41. The van der Waals surface area contributed by atoms with E-state index >= 15 is 0 Å². The highest BCUT2D eigenvalue weighted by Gasteiger charge is 2.49. The molecule has 1 saturated heterocycles. The lowest BCUT2D eigenvalue weighted by molar-refractivity contribution is -0.131. The van der Waals surface area contributed by atoms with Crippen LogP contribution in [0.3, 0.4) is 0 Å². The van der Waals surface area contributed by atoms with Crippen molar-refractivity contribution in [1.29, 1.82) is 0 Å². The quantitative estimate of drug-likeness (QED) is 0.681. The zero-order valence-corrected chi connectivity index (χ0v) is 12.9. The molecule has 0 saturated carbocycles. The summed E-state index contributed by atoms with van der Waals surface area (Å²) in [5, 5.41) is 2.38. The van der Waals surface area contributed by atoms with E-state index in [1.165, 1.54) is 25.1 Å². The normalized spacial score (nSPS) is 20.1. The van der Waals surface area contributed by atoms with Crippen LogP contribution in [0, 0.1) is 23.3 Å². The molecule has 1 fully saturated rings. The molecule has 2 aromatic rings. The van der Waals surface area contributed by atoms with Gasteiger partial charge in [0.15, 0.2) is 23.3 Å². The van der Waals surface area contributed by atoms with Crippen molar-refractivity contribution in [2.45, 2.75) is 19.0 Å². The van der Waals surface area contributed by atoms with Crippen molar-refractivity contribution >= 4 is 11.9 Å². The second-order valence-electron chi connectivity index (χ2n) is 5.79. The number of benzene rings is 2. The number of halogens is 4. The van der Waals surface area contributed by atoms with Crippen LogP contribution in [0.2, 0.25) is 0 Å². The van der Waals surface area contributed by atoms with Crippen LogP contribution in [-0.4, -0.2) is 16.8 Å². The average molecular weight is 352 g/mol. The number of urea groups is 1. The van der Waals surface area contributed by atoms with E-state index < -0.39 is 47.3 Å². The minimum absolute atomic E-state index is 0.0342. The third-order valence-electron chi connectivity index (χ3n) is 4.13. The topological polar surface area (TPSA) is 49.4 Å². The van der Waals surface area contributed by atoms with E-state index in [9.17, 15) is 27.2 Å². The smallest absolute Gasteiger partial charge is 0.319 e. The van der Waals surface area contributed by atoms with E-state index in [4.69, 9.17) is 0 Å². The summed E-state index contributed by atoms with van der Waals surface area (Å²) in [6, 6.07) is 5.37. The molecule has 0 aromatic heterocycles. The predicted octanol–water partition coefficient (Wildman–Crippen LogP) is 3.21. The lowest BCUT2D eigenvalue weighted by atomic mass is 9.92. The number of hydrogen-bond donors (Lipinski definition) is 1. The highest BCUT2D eigenvalue weighted by Crippen LogP contribution is 2.31. The van der Waals surface area contributed by atoms with Crippen LogP contribution < -0.4 is 5.32 Å². The summed E-state index contributed by atoms with van der Waals surface area (Å²) in [7, 11) is 0. The molecule has 4 nitrogen and oxygen atoms in total. The predicted molar refractivity (Wildman–Crippen MR) is 79.1 cm³/mol.